The summed E-state index contributed by atoms with van der Waals surface area (Å²) in [5.74, 6) is -0.183. The van der Waals surface area contributed by atoms with Crippen molar-refractivity contribution in [2.45, 2.75) is 38.8 Å². The molecule has 2 unspecified atom stereocenters. The molecule has 0 aromatic carbocycles. The zero-order valence-corrected chi connectivity index (χ0v) is 12.3. The Labute approximate surface area is 122 Å². The molecule has 8 nitrogen and oxygen atoms in total. The Morgan fingerprint density at radius 2 is 2.24 bits per heavy atom. The summed E-state index contributed by atoms with van der Waals surface area (Å²) < 4.78 is 0. The molecule has 2 heterocycles. The summed E-state index contributed by atoms with van der Waals surface area (Å²) in [5, 5.41) is 5.29. The van der Waals surface area contributed by atoms with Gasteiger partial charge in [-0.05, 0) is 20.3 Å². The van der Waals surface area contributed by atoms with Crippen LogP contribution in [0, 0.1) is 0 Å². The number of nitrogens with zero attached hydrogens (tertiary/aromatic N) is 2. The summed E-state index contributed by atoms with van der Waals surface area (Å²) >= 11 is 0. The van der Waals surface area contributed by atoms with Crippen LogP contribution in [0.1, 0.15) is 39.1 Å². The van der Waals surface area contributed by atoms with Gasteiger partial charge < -0.3 is 15.6 Å². The van der Waals surface area contributed by atoms with E-state index in [0.717, 1.165) is 4.90 Å². The number of carbonyl (C=O) groups is 3. The van der Waals surface area contributed by atoms with Crippen LogP contribution in [0.4, 0.5) is 4.79 Å². The zero-order chi connectivity index (χ0) is 15.6. The lowest BCUT2D eigenvalue weighted by Crippen LogP contribution is -2.45. The minimum absolute atomic E-state index is 0.300. The van der Waals surface area contributed by atoms with Gasteiger partial charge in [-0.25, -0.2) is 9.78 Å². The number of hydrogen-bond donors (Lipinski definition) is 3. The molecule has 1 aromatic rings. The molecule has 4 amide bonds. The molecule has 0 saturated carbocycles. The highest BCUT2D eigenvalue weighted by molar-refractivity contribution is 6.08. The molecule has 1 saturated heterocycles. The topological polar surface area (TPSA) is 107 Å². The molecule has 0 radical (unpaired) electrons. The number of aromatic nitrogens is 2. The number of urea groups is 1. The average molecular weight is 293 g/mol. The molecular weight excluding hydrogens is 274 g/mol. The fourth-order valence-electron chi connectivity index (χ4n) is 2.14. The Morgan fingerprint density at radius 1 is 1.52 bits per heavy atom. The number of rotatable bonds is 5. The van der Waals surface area contributed by atoms with Gasteiger partial charge >= 0.3 is 6.03 Å². The van der Waals surface area contributed by atoms with Crippen molar-refractivity contribution >= 4 is 17.8 Å². The number of aromatic amines is 1. The van der Waals surface area contributed by atoms with Crippen molar-refractivity contribution in [3.63, 3.8) is 0 Å². The predicted molar refractivity (Wildman–Crippen MR) is 74.1 cm³/mol. The highest BCUT2D eigenvalue weighted by Crippen LogP contribution is 2.20. The molecule has 1 aliphatic heterocycles. The quantitative estimate of drug-likeness (QED) is 0.679. The first-order valence-corrected chi connectivity index (χ1v) is 6.80. The molecule has 21 heavy (non-hydrogen) atoms. The van der Waals surface area contributed by atoms with Crippen LogP contribution in [0.15, 0.2) is 12.4 Å². The van der Waals surface area contributed by atoms with E-state index in [1.807, 2.05) is 0 Å². The fraction of sp³-hybridized carbons (Fsp3) is 0.538. The van der Waals surface area contributed by atoms with Crippen molar-refractivity contribution in [1.82, 2.24) is 25.5 Å². The fourth-order valence-corrected chi connectivity index (χ4v) is 2.14. The number of nitrogens with one attached hydrogen (secondary N) is 3. The second-order valence-corrected chi connectivity index (χ2v) is 5.27. The van der Waals surface area contributed by atoms with Gasteiger partial charge in [0.1, 0.15) is 17.9 Å². The van der Waals surface area contributed by atoms with Crippen molar-refractivity contribution in [3.05, 3.63) is 18.2 Å². The minimum Gasteiger partial charge on any atom is -0.347 e. The largest absolute Gasteiger partial charge is 0.347 e. The Kier molecular flexibility index (Phi) is 3.97. The number of hydrogen-bond acceptors (Lipinski definition) is 4. The number of H-pyrrole nitrogens is 1. The first-order valence-electron chi connectivity index (χ1n) is 6.80. The smallest absolute Gasteiger partial charge is 0.325 e. The van der Waals surface area contributed by atoms with Crippen LogP contribution in [0.5, 0.6) is 0 Å². The van der Waals surface area contributed by atoms with E-state index in [2.05, 4.69) is 20.6 Å². The average Bonchev–Trinajstić information content (AvgIpc) is 3.03. The third kappa shape index (κ3) is 2.88. The summed E-state index contributed by atoms with van der Waals surface area (Å²) in [4.78, 5) is 43.8. The zero-order valence-electron chi connectivity index (χ0n) is 12.3. The van der Waals surface area contributed by atoms with Gasteiger partial charge in [0.15, 0.2) is 0 Å². The molecule has 1 aliphatic rings. The number of imide groups is 1. The van der Waals surface area contributed by atoms with E-state index in [9.17, 15) is 14.4 Å². The molecule has 0 aliphatic carbocycles. The van der Waals surface area contributed by atoms with Gasteiger partial charge in [0.05, 0.1) is 6.04 Å². The van der Waals surface area contributed by atoms with Crippen LogP contribution in [-0.4, -0.2) is 44.8 Å². The molecule has 1 fully saturated rings. The molecule has 0 bridgehead atoms. The Balaban J connectivity index is 1.97. The van der Waals surface area contributed by atoms with Crippen LogP contribution in [0.25, 0.3) is 0 Å². The monoisotopic (exact) mass is 293 g/mol. The highest BCUT2D eigenvalue weighted by Gasteiger charge is 2.47. The first-order chi connectivity index (χ1) is 9.87. The van der Waals surface area contributed by atoms with Crippen LogP contribution in [0.3, 0.4) is 0 Å². The number of carbonyl (C=O) groups excluding carboxylic acids is 3. The molecule has 2 rings (SSSR count). The number of amides is 4. The summed E-state index contributed by atoms with van der Waals surface area (Å²) in [5.41, 5.74) is -0.927. The van der Waals surface area contributed by atoms with Crippen LogP contribution < -0.4 is 10.6 Å². The van der Waals surface area contributed by atoms with Gasteiger partial charge in [-0.15, -0.1) is 0 Å². The summed E-state index contributed by atoms with van der Waals surface area (Å²) in [6, 6.07) is -0.865. The van der Waals surface area contributed by atoms with E-state index in [0.29, 0.717) is 12.2 Å². The van der Waals surface area contributed by atoms with Crippen LogP contribution in [-0.2, 0) is 9.59 Å². The lowest BCUT2D eigenvalue weighted by molar-refractivity contribution is -0.134. The standard InChI is InChI=1S/C13H19N5O3/c1-4-13(3)11(20)18(12(21)17-13)7-9(19)16-8(2)10-14-5-6-15-10/h5-6,8H,4,7H2,1-3H3,(H,14,15)(H,16,19)(H,17,21). The normalized spacial score (nSPS) is 23.1. The van der Waals surface area contributed by atoms with E-state index >= 15 is 0 Å². The second-order valence-electron chi connectivity index (χ2n) is 5.27. The van der Waals surface area contributed by atoms with E-state index in [1.165, 1.54) is 0 Å². The maximum atomic E-state index is 12.2. The van der Waals surface area contributed by atoms with Gasteiger partial charge in [-0.2, -0.15) is 0 Å². The van der Waals surface area contributed by atoms with E-state index in [1.54, 1.807) is 33.2 Å². The van der Waals surface area contributed by atoms with Crippen molar-refractivity contribution in [2.75, 3.05) is 6.54 Å². The SMILES string of the molecule is CCC1(C)NC(=O)N(CC(=O)NC(C)c2ncc[nH]2)C1=O. The van der Waals surface area contributed by atoms with E-state index < -0.39 is 17.5 Å². The molecule has 1 aromatic heterocycles. The van der Waals surface area contributed by atoms with Gasteiger partial charge in [0.25, 0.3) is 5.91 Å². The van der Waals surface area contributed by atoms with Gasteiger partial charge in [-0.1, -0.05) is 6.92 Å². The minimum atomic E-state index is -0.927. The van der Waals surface area contributed by atoms with Gasteiger partial charge in [-0.3, -0.25) is 14.5 Å². The van der Waals surface area contributed by atoms with Crippen molar-refractivity contribution in [2.24, 2.45) is 0 Å². The van der Waals surface area contributed by atoms with Gasteiger partial charge in [0.2, 0.25) is 5.91 Å². The lowest BCUT2D eigenvalue weighted by Gasteiger charge is -2.19. The second kappa shape index (κ2) is 5.55. The summed E-state index contributed by atoms with van der Waals surface area (Å²) in [6.07, 6.45) is 3.71. The lowest BCUT2D eigenvalue weighted by atomic mass is 9.99. The molecular formula is C13H19N5O3. The van der Waals surface area contributed by atoms with Crippen molar-refractivity contribution < 1.29 is 14.4 Å². The predicted octanol–water partition coefficient (Wildman–Crippen LogP) is 0.307. The van der Waals surface area contributed by atoms with E-state index in [4.69, 9.17) is 0 Å². The highest BCUT2D eigenvalue weighted by atomic mass is 16.2. The Morgan fingerprint density at radius 3 is 2.76 bits per heavy atom. The molecule has 2 atom stereocenters. The van der Waals surface area contributed by atoms with Crippen molar-refractivity contribution in [1.29, 1.82) is 0 Å². The Bertz CT molecular complexity index is 556. The molecule has 114 valence electrons. The van der Waals surface area contributed by atoms with E-state index in [-0.39, 0.29) is 18.5 Å². The number of imidazole rings is 1. The molecule has 3 N–H and O–H groups in total. The third-order valence-corrected chi connectivity index (χ3v) is 3.66. The molecule has 0 spiro atoms. The van der Waals surface area contributed by atoms with Crippen LogP contribution in [0.2, 0.25) is 0 Å². The maximum Gasteiger partial charge on any atom is 0.325 e. The van der Waals surface area contributed by atoms with Crippen LogP contribution >= 0.6 is 0 Å². The molecule has 8 heteroatoms. The third-order valence-electron chi connectivity index (χ3n) is 3.66. The first kappa shape index (κ1) is 15.0. The summed E-state index contributed by atoms with van der Waals surface area (Å²) in [6.45, 7) is 4.92. The van der Waals surface area contributed by atoms with Gasteiger partial charge in [0, 0.05) is 12.4 Å². The van der Waals surface area contributed by atoms with Crippen molar-refractivity contribution in [3.8, 4) is 0 Å². The summed E-state index contributed by atoms with van der Waals surface area (Å²) in [7, 11) is 0. The Hall–Kier alpha value is -2.38. The maximum absolute atomic E-state index is 12.2.